The lowest BCUT2D eigenvalue weighted by Crippen LogP contribution is -1.89. The largest absolute Gasteiger partial charge is 0.494 e. The Hall–Kier alpha value is -1.88. The van der Waals surface area contributed by atoms with Gasteiger partial charge >= 0.3 is 0 Å². The van der Waals surface area contributed by atoms with Gasteiger partial charge in [0.1, 0.15) is 5.82 Å². The van der Waals surface area contributed by atoms with Crippen molar-refractivity contribution in [2.45, 2.75) is 0 Å². The zero-order valence-corrected chi connectivity index (χ0v) is 11.7. The molecule has 0 aliphatic rings. The summed E-state index contributed by atoms with van der Waals surface area (Å²) < 4.78 is 19.3. The van der Waals surface area contributed by atoms with Crippen LogP contribution in [0.3, 0.4) is 0 Å². The molecule has 0 aliphatic heterocycles. The van der Waals surface area contributed by atoms with Gasteiger partial charge in [0.25, 0.3) is 0 Å². The Labute approximate surface area is 117 Å². The van der Waals surface area contributed by atoms with E-state index in [1.54, 1.807) is 12.1 Å². The molecule has 96 valence electrons. The topological polar surface area (TPSA) is 37.9 Å². The lowest BCUT2D eigenvalue weighted by molar-refractivity contribution is 0.387. The summed E-state index contributed by atoms with van der Waals surface area (Å²) >= 11 is 3.41. The lowest BCUT2D eigenvalue weighted by atomic mass is 10.2. The molecule has 0 spiro atoms. The van der Waals surface area contributed by atoms with E-state index in [1.165, 1.54) is 13.2 Å². The van der Waals surface area contributed by atoms with E-state index in [0.717, 1.165) is 21.1 Å². The van der Waals surface area contributed by atoms with Crippen LogP contribution in [0.1, 0.15) is 0 Å². The van der Waals surface area contributed by atoms with Crippen molar-refractivity contribution in [2.75, 3.05) is 7.11 Å². The molecule has 5 heteroatoms. The van der Waals surface area contributed by atoms with Crippen molar-refractivity contribution in [1.82, 2.24) is 9.97 Å². The molecule has 0 amide bonds. The molecule has 0 radical (unpaired) electrons. The lowest BCUT2D eigenvalue weighted by Gasteiger charge is -2.03. The first kappa shape index (κ1) is 12.2. The van der Waals surface area contributed by atoms with Gasteiger partial charge in [0, 0.05) is 10.0 Å². The second-order valence-electron chi connectivity index (χ2n) is 4.10. The second kappa shape index (κ2) is 4.66. The Kier molecular flexibility index (Phi) is 2.98. The molecule has 0 saturated heterocycles. The van der Waals surface area contributed by atoms with E-state index in [4.69, 9.17) is 4.74 Å². The molecule has 19 heavy (non-hydrogen) atoms. The monoisotopic (exact) mass is 320 g/mol. The molecule has 0 bridgehead atoms. The molecule has 0 fully saturated rings. The van der Waals surface area contributed by atoms with Gasteiger partial charge in [-0.1, -0.05) is 15.9 Å². The van der Waals surface area contributed by atoms with Crippen LogP contribution in [0.4, 0.5) is 4.39 Å². The number of methoxy groups -OCH3 is 1. The maximum absolute atomic E-state index is 13.4. The van der Waals surface area contributed by atoms with Crippen LogP contribution in [-0.2, 0) is 0 Å². The average Bonchev–Trinajstić information content (AvgIpc) is 2.82. The van der Waals surface area contributed by atoms with Gasteiger partial charge in [-0.05, 0) is 36.4 Å². The Balaban J connectivity index is 2.13. The number of hydrogen-bond donors (Lipinski definition) is 1. The zero-order chi connectivity index (χ0) is 13.4. The van der Waals surface area contributed by atoms with Crippen LogP contribution in [0.15, 0.2) is 40.9 Å². The molecule has 1 heterocycles. The van der Waals surface area contributed by atoms with Crippen LogP contribution in [0.5, 0.6) is 5.75 Å². The van der Waals surface area contributed by atoms with Gasteiger partial charge in [0.05, 0.1) is 18.1 Å². The number of H-pyrrole nitrogens is 1. The number of halogens is 2. The van der Waals surface area contributed by atoms with E-state index in [0.29, 0.717) is 5.82 Å². The summed E-state index contributed by atoms with van der Waals surface area (Å²) in [5.74, 6) is 0.510. The molecule has 3 nitrogen and oxygen atoms in total. The van der Waals surface area contributed by atoms with Crippen LogP contribution in [0.2, 0.25) is 0 Å². The summed E-state index contributed by atoms with van der Waals surface area (Å²) in [6.45, 7) is 0. The van der Waals surface area contributed by atoms with Crippen molar-refractivity contribution in [3.63, 3.8) is 0 Å². The first-order chi connectivity index (χ1) is 9.17. The highest BCUT2D eigenvalue weighted by Crippen LogP contribution is 2.27. The van der Waals surface area contributed by atoms with E-state index in [1.807, 2.05) is 18.2 Å². The molecule has 3 rings (SSSR count). The third-order valence-electron chi connectivity index (χ3n) is 2.87. The maximum atomic E-state index is 13.4. The number of imidazole rings is 1. The van der Waals surface area contributed by atoms with Crippen molar-refractivity contribution >= 4 is 27.0 Å². The number of aromatic nitrogens is 2. The smallest absolute Gasteiger partial charge is 0.165 e. The van der Waals surface area contributed by atoms with Crippen LogP contribution < -0.4 is 4.74 Å². The number of benzene rings is 2. The fourth-order valence-electron chi connectivity index (χ4n) is 1.92. The van der Waals surface area contributed by atoms with Gasteiger partial charge < -0.3 is 9.72 Å². The Morgan fingerprint density at radius 3 is 2.84 bits per heavy atom. The van der Waals surface area contributed by atoms with Crippen LogP contribution >= 0.6 is 15.9 Å². The number of fused-ring (bicyclic) bond motifs is 1. The summed E-state index contributed by atoms with van der Waals surface area (Å²) in [6.07, 6.45) is 0. The third-order valence-corrected chi connectivity index (χ3v) is 3.36. The minimum atomic E-state index is -0.384. The fraction of sp³-hybridized carbons (Fsp3) is 0.0714. The number of hydrogen-bond acceptors (Lipinski definition) is 2. The summed E-state index contributed by atoms with van der Waals surface area (Å²) in [5.41, 5.74) is 2.57. The first-order valence-corrected chi connectivity index (χ1v) is 6.46. The van der Waals surface area contributed by atoms with Gasteiger partial charge in [-0.3, -0.25) is 0 Å². The van der Waals surface area contributed by atoms with Crippen LogP contribution in [0.25, 0.3) is 22.4 Å². The van der Waals surface area contributed by atoms with Crippen molar-refractivity contribution in [2.24, 2.45) is 0 Å². The van der Waals surface area contributed by atoms with Gasteiger partial charge in [0.15, 0.2) is 11.6 Å². The number of rotatable bonds is 2. The summed E-state index contributed by atoms with van der Waals surface area (Å²) in [4.78, 5) is 7.69. The van der Waals surface area contributed by atoms with Crippen molar-refractivity contribution in [3.8, 4) is 17.1 Å². The summed E-state index contributed by atoms with van der Waals surface area (Å²) in [7, 11) is 1.44. The van der Waals surface area contributed by atoms with Crippen molar-refractivity contribution in [1.29, 1.82) is 0 Å². The standard InChI is InChI=1S/C14H10BrFN2O/c1-19-13-6-8(2-4-10(13)16)14-17-11-5-3-9(15)7-12(11)18-14/h2-7H,1H3,(H,17,18). The fourth-order valence-corrected chi connectivity index (χ4v) is 2.27. The van der Waals surface area contributed by atoms with E-state index in [2.05, 4.69) is 25.9 Å². The molecule has 1 aromatic heterocycles. The molecular formula is C14H10BrFN2O. The number of aromatic amines is 1. The SMILES string of the molecule is COc1cc(-c2nc3cc(Br)ccc3[nH]2)ccc1F. The second-order valence-corrected chi connectivity index (χ2v) is 5.01. The van der Waals surface area contributed by atoms with Gasteiger partial charge in [-0.25, -0.2) is 9.37 Å². The first-order valence-electron chi connectivity index (χ1n) is 5.66. The summed E-state index contributed by atoms with van der Waals surface area (Å²) in [6, 6.07) is 10.5. The molecule has 3 aromatic rings. The zero-order valence-electron chi connectivity index (χ0n) is 10.1. The van der Waals surface area contributed by atoms with Crippen molar-refractivity contribution in [3.05, 3.63) is 46.7 Å². The Morgan fingerprint density at radius 2 is 2.05 bits per heavy atom. The molecule has 2 aromatic carbocycles. The Bertz CT molecular complexity index is 754. The molecule has 0 atom stereocenters. The van der Waals surface area contributed by atoms with E-state index in [-0.39, 0.29) is 11.6 Å². The minimum Gasteiger partial charge on any atom is -0.494 e. The quantitative estimate of drug-likeness (QED) is 0.770. The highest BCUT2D eigenvalue weighted by Gasteiger charge is 2.09. The maximum Gasteiger partial charge on any atom is 0.165 e. The number of nitrogens with zero attached hydrogens (tertiary/aromatic N) is 1. The van der Waals surface area contributed by atoms with Gasteiger partial charge in [-0.15, -0.1) is 0 Å². The number of nitrogens with one attached hydrogen (secondary N) is 1. The van der Waals surface area contributed by atoms with E-state index in [9.17, 15) is 4.39 Å². The molecule has 0 unspecified atom stereocenters. The highest BCUT2D eigenvalue weighted by molar-refractivity contribution is 9.10. The van der Waals surface area contributed by atoms with E-state index >= 15 is 0 Å². The van der Waals surface area contributed by atoms with Crippen LogP contribution in [-0.4, -0.2) is 17.1 Å². The van der Waals surface area contributed by atoms with Gasteiger partial charge in [0.2, 0.25) is 0 Å². The average molecular weight is 321 g/mol. The highest BCUT2D eigenvalue weighted by atomic mass is 79.9. The Morgan fingerprint density at radius 1 is 1.21 bits per heavy atom. The molecule has 0 saturated carbocycles. The molecular weight excluding hydrogens is 311 g/mol. The third kappa shape index (κ3) is 2.21. The van der Waals surface area contributed by atoms with E-state index < -0.39 is 0 Å². The molecule has 1 N–H and O–H groups in total. The summed E-state index contributed by atoms with van der Waals surface area (Å²) in [5, 5.41) is 0. The predicted octanol–water partition coefficient (Wildman–Crippen LogP) is 4.14. The van der Waals surface area contributed by atoms with Gasteiger partial charge in [-0.2, -0.15) is 0 Å². The number of ether oxygens (including phenoxy) is 1. The predicted molar refractivity (Wildman–Crippen MR) is 75.7 cm³/mol. The minimum absolute atomic E-state index is 0.208. The van der Waals surface area contributed by atoms with Crippen molar-refractivity contribution < 1.29 is 9.13 Å². The normalized spacial score (nSPS) is 10.9. The molecule has 0 aliphatic carbocycles. The van der Waals surface area contributed by atoms with Crippen LogP contribution in [0, 0.1) is 5.82 Å².